The first-order chi connectivity index (χ1) is 14.3. The van der Waals surface area contributed by atoms with Gasteiger partial charge in [-0.15, -0.1) is 0 Å². The van der Waals surface area contributed by atoms with Crippen molar-refractivity contribution in [2.45, 2.75) is 20.0 Å². The molecule has 0 saturated carbocycles. The molecule has 0 aliphatic heterocycles. The van der Waals surface area contributed by atoms with Gasteiger partial charge in [-0.2, -0.15) is 0 Å². The number of methoxy groups -OCH3 is 3. The van der Waals surface area contributed by atoms with Gasteiger partial charge in [0.05, 0.1) is 26.9 Å². The molecular formula is C21H24N2O7. The fourth-order valence-electron chi connectivity index (χ4n) is 2.57. The maximum Gasteiger partial charge on any atom is 0.339 e. The topological polar surface area (TPSA) is 112 Å². The second-order valence-electron chi connectivity index (χ2n) is 6.21. The lowest BCUT2D eigenvalue weighted by atomic mass is 10.2. The zero-order valence-electron chi connectivity index (χ0n) is 17.4. The minimum absolute atomic E-state index is 0.142. The number of carbonyl (C=O) groups is 3. The van der Waals surface area contributed by atoms with Crippen LogP contribution in [0.5, 0.6) is 17.2 Å². The number of rotatable bonds is 8. The summed E-state index contributed by atoms with van der Waals surface area (Å²) < 4.78 is 20.9. The van der Waals surface area contributed by atoms with Gasteiger partial charge in [-0.3, -0.25) is 9.59 Å². The van der Waals surface area contributed by atoms with Crippen LogP contribution in [0.2, 0.25) is 0 Å². The predicted octanol–water partition coefficient (Wildman–Crippen LogP) is 2.85. The fourth-order valence-corrected chi connectivity index (χ4v) is 2.57. The van der Waals surface area contributed by atoms with Crippen LogP contribution in [0.4, 0.5) is 11.4 Å². The largest absolute Gasteiger partial charge is 0.493 e. The van der Waals surface area contributed by atoms with E-state index in [1.54, 1.807) is 24.3 Å². The van der Waals surface area contributed by atoms with E-state index >= 15 is 0 Å². The summed E-state index contributed by atoms with van der Waals surface area (Å²) in [7, 11) is 4.31. The van der Waals surface area contributed by atoms with Gasteiger partial charge in [0.15, 0.2) is 17.6 Å². The average molecular weight is 416 g/mol. The Bertz CT molecular complexity index is 900. The Labute approximate surface area is 174 Å². The Kier molecular flexibility index (Phi) is 7.62. The van der Waals surface area contributed by atoms with E-state index in [1.807, 2.05) is 0 Å². The van der Waals surface area contributed by atoms with Crippen LogP contribution >= 0.6 is 0 Å². The minimum atomic E-state index is -1.06. The number of amides is 2. The van der Waals surface area contributed by atoms with Gasteiger partial charge >= 0.3 is 5.97 Å². The molecule has 1 atom stereocenters. The molecule has 0 fully saturated rings. The van der Waals surface area contributed by atoms with E-state index in [9.17, 15) is 14.4 Å². The van der Waals surface area contributed by atoms with E-state index < -0.39 is 18.0 Å². The first-order valence-electron chi connectivity index (χ1n) is 8.98. The third kappa shape index (κ3) is 5.63. The lowest BCUT2D eigenvalue weighted by Gasteiger charge is -2.16. The number of ether oxygens (including phenoxy) is 4. The fraction of sp³-hybridized carbons (Fsp3) is 0.286. The first-order valence-corrected chi connectivity index (χ1v) is 8.98. The van der Waals surface area contributed by atoms with Crippen molar-refractivity contribution in [1.29, 1.82) is 0 Å². The monoisotopic (exact) mass is 416 g/mol. The number of esters is 1. The maximum absolute atomic E-state index is 12.5. The van der Waals surface area contributed by atoms with Gasteiger partial charge in [0.25, 0.3) is 5.91 Å². The van der Waals surface area contributed by atoms with Crippen molar-refractivity contribution in [3.8, 4) is 17.2 Å². The van der Waals surface area contributed by atoms with E-state index in [0.717, 1.165) is 0 Å². The quantitative estimate of drug-likeness (QED) is 0.636. The molecule has 0 saturated heterocycles. The van der Waals surface area contributed by atoms with Crippen molar-refractivity contribution in [1.82, 2.24) is 0 Å². The van der Waals surface area contributed by atoms with Crippen molar-refractivity contribution in [3.05, 3.63) is 42.0 Å². The molecule has 0 spiro atoms. The number of benzene rings is 2. The van der Waals surface area contributed by atoms with Gasteiger partial charge in [-0.1, -0.05) is 0 Å². The molecule has 30 heavy (non-hydrogen) atoms. The van der Waals surface area contributed by atoms with Crippen LogP contribution in [-0.2, 0) is 14.3 Å². The third-order valence-corrected chi connectivity index (χ3v) is 4.03. The molecule has 2 aromatic carbocycles. The highest BCUT2D eigenvalue weighted by Crippen LogP contribution is 2.38. The van der Waals surface area contributed by atoms with Gasteiger partial charge in [-0.25, -0.2) is 4.79 Å². The molecule has 160 valence electrons. The summed E-state index contributed by atoms with van der Waals surface area (Å²) in [6, 6.07) is 9.41. The molecule has 9 nitrogen and oxygen atoms in total. The molecule has 0 aromatic heterocycles. The normalized spacial score (nSPS) is 11.1. The maximum atomic E-state index is 12.5. The molecule has 2 aromatic rings. The summed E-state index contributed by atoms with van der Waals surface area (Å²) in [6.07, 6.45) is -1.06. The van der Waals surface area contributed by atoms with E-state index in [0.29, 0.717) is 28.6 Å². The van der Waals surface area contributed by atoms with Crippen LogP contribution in [0.3, 0.4) is 0 Å². The van der Waals surface area contributed by atoms with Crippen molar-refractivity contribution >= 4 is 29.2 Å². The highest BCUT2D eigenvalue weighted by Gasteiger charge is 2.22. The summed E-state index contributed by atoms with van der Waals surface area (Å²) in [6.45, 7) is 2.86. The second kappa shape index (κ2) is 10.1. The molecule has 2 N–H and O–H groups in total. The van der Waals surface area contributed by atoms with Gasteiger partial charge in [0, 0.05) is 18.3 Å². The van der Waals surface area contributed by atoms with E-state index in [-0.39, 0.29) is 11.5 Å². The molecular weight excluding hydrogens is 392 g/mol. The van der Waals surface area contributed by atoms with Gasteiger partial charge < -0.3 is 29.6 Å². The molecule has 1 unspecified atom stereocenters. The van der Waals surface area contributed by atoms with Crippen molar-refractivity contribution in [2.75, 3.05) is 32.0 Å². The minimum Gasteiger partial charge on any atom is -0.493 e. The van der Waals surface area contributed by atoms with Gasteiger partial charge in [0.1, 0.15) is 0 Å². The molecule has 0 bridgehead atoms. The Morgan fingerprint density at radius 2 is 1.33 bits per heavy atom. The summed E-state index contributed by atoms with van der Waals surface area (Å²) in [5.74, 6) is -0.509. The zero-order valence-corrected chi connectivity index (χ0v) is 17.4. The Morgan fingerprint density at radius 3 is 1.77 bits per heavy atom. The van der Waals surface area contributed by atoms with E-state index in [2.05, 4.69) is 10.6 Å². The Morgan fingerprint density at radius 1 is 0.833 bits per heavy atom. The number of hydrogen-bond donors (Lipinski definition) is 2. The molecule has 2 rings (SSSR count). The Balaban J connectivity index is 2.06. The van der Waals surface area contributed by atoms with Crippen LogP contribution < -0.4 is 24.8 Å². The van der Waals surface area contributed by atoms with Crippen LogP contribution in [0.1, 0.15) is 24.2 Å². The van der Waals surface area contributed by atoms with Crippen molar-refractivity contribution < 1.29 is 33.3 Å². The number of hydrogen-bond acceptors (Lipinski definition) is 7. The van der Waals surface area contributed by atoms with E-state index in [4.69, 9.17) is 18.9 Å². The number of anilines is 2. The number of carbonyl (C=O) groups excluding carboxylic acids is 3. The summed E-state index contributed by atoms with van der Waals surface area (Å²) in [5, 5.41) is 5.27. The molecule has 2 amide bonds. The van der Waals surface area contributed by atoms with Crippen molar-refractivity contribution in [2.24, 2.45) is 0 Å². The highest BCUT2D eigenvalue weighted by atomic mass is 16.5. The number of nitrogens with one attached hydrogen (secondary N) is 2. The van der Waals surface area contributed by atoms with Gasteiger partial charge in [-0.05, 0) is 43.3 Å². The summed E-state index contributed by atoms with van der Waals surface area (Å²) in [5.41, 5.74) is 1.23. The zero-order chi connectivity index (χ0) is 22.3. The highest BCUT2D eigenvalue weighted by molar-refractivity contribution is 5.98. The van der Waals surface area contributed by atoms with Crippen LogP contribution in [-0.4, -0.2) is 45.2 Å². The van der Waals surface area contributed by atoms with E-state index in [1.165, 1.54) is 47.3 Å². The average Bonchev–Trinajstić information content (AvgIpc) is 2.73. The molecule has 0 aliphatic carbocycles. The third-order valence-electron chi connectivity index (χ3n) is 4.03. The molecule has 0 radical (unpaired) electrons. The second-order valence-corrected chi connectivity index (χ2v) is 6.21. The first kappa shape index (κ1) is 22.5. The van der Waals surface area contributed by atoms with Crippen LogP contribution in [0.25, 0.3) is 0 Å². The molecule has 9 heteroatoms. The molecule has 0 heterocycles. The SMILES string of the molecule is COc1cc(C(=O)OC(C)C(=O)Nc2ccc(NC(C)=O)cc2)cc(OC)c1OC. The smallest absolute Gasteiger partial charge is 0.339 e. The predicted molar refractivity (Wildman–Crippen MR) is 110 cm³/mol. The van der Waals surface area contributed by atoms with Crippen molar-refractivity contribution in [3.63, 3.8) is 0 Å². The lowest BCUT2D eigenvalue weighted by Crippen LogP contribution is -2.30. The summed E-state index contributed by atoms with van der Waals surface area (Å²) >= 11 is 0. The molecule has 0 aliphatic rings. The summed E-state index contributed by atoms with van der Waals surface area (Å²) in [4.78, 5) is 35.9. The Hall–Kier alpha value is -3.75. The van der Waals surface area contributed by atoms with Crippen LogP contribution in [0.15, 0.2) is 36.4 Å². The standard InChI is InChI=1S/C21H24N2O7/c1-12(20(25)23-16-8-6-15(7-9-16)22-13(2)24)30-21(26)14-10-17(27-3)19(29-5)18(11-14)28-4/h6-12H,1-5H3,(H,22,24)(H,23,25). The van der Waals surface area contributed by atoms with Crippen LogP contribution in [0, 0.1) is 0 Å². The van der Waals surface area contributed by atoms with Gasteiger partial charge in [0.2, 0.25) is 11.7 Å². The lowest BCUT2D eigenvalue weighted by molar-refractivity contribution is -0.123.